The average molecular weight is 320 g/mol. The van der Waals surface area contributed by atoms with Crippen LogP contribution in [0.1, 0.15) is 68.0 Å². The normalized spacial score (nSPS) is 21.4. The lowest BCUT2D eigenvalue weighted by Gasteiger charge is -2.35. The first-order chi connectivity index (χ1) is 10.6. The molecule has 0 spiro atoms. The van der Waals surface area contributed by atoms with E-state index in [1.165, 1.54) is 23.5 Å². The van der Waals surface area contributed by atoms with Crippen LogP contribution in [0.25, 0.3) is 0 Å². The Kier molecular flexibility index (Phi) is 4.54. The van der Waals surface area contributed by atoms with Gasteiger partial charge in [0.15, 0.2) is 5.82 Å². The third-order valence-corrected chi connectivity index (χ3v) is 5.53. The van der Waals surface area contributed by atoms with Crippen LogP contribution in [0, 0.1) is 0 Å². The minimum Gasteiger partial charge on any atom is -0.293 e. The van der Waals surface area contributed by atoms with Gasteiger partial charge >= 0.3 is 0 Å². The van der Waals surface area contributed by atoms with Gasteiger partial charge in [0, 0.05) is 24.9 Å². The van der Waals surface area contributed by atoms with E-state index in [9.17, 15) is 0 Å². The van der Waals surface area contributed by atoms with Gasteiger partial charge in [-0.1, -0.05) is 13.8 Å². The van der Waals surface area contributed by atoms with Crippen molar-refractivity contribution < 1.29 is 0 Å². The highest BCUT2D eigenvalue weighted by Gasteiger charge is 2.29. The monoisotopic (exact) mass is 320 g/mol. The quantitative estimate of drug-likeness (QED) is 0.867. The van der Waals surface area contributed by atoms with Crippen LogP contribution < -0.4 is 0 Å². The SMILES string of the molecule is CC(C)c1csc([C@@H]2CCCN([C@H](C)c3nnnn3C)C2)n1. The molecule has 6 nitrogen and oxygen atoms in total. The number of hydrogen-bond donors (Lipinski definition) is 0. The molecule has 3 rings (SSSR count). The number of thiazole rings is 1. The molecule has 1 fully saturated rings. The first-order valence-corrected chi connectivity index (χ1v) is 8.86. The molecule has 0 aromatic carbocycles. The molecule has 1 saturated heterocycles. The Morgan fingerprint density at radius 2 is 2.14 bits per heavy atom. The van der Waals surface area contributed by atoms with Crippen molar-refractivity contribution in [1.29, 1.82) is 0 Å². The molecule has 2 aromatic heterocycles. The van der Waals surface area contributed by atoms with Crippen molar-refractivity contribution in [2.45, 2.75) is 51.5 Å². The van der Waals surface area contributed by atoms with Crippen molar-refractivity contribution in [3.8, 4) is 0 Å². The standard InChI is InChI=1S/C15H24N6S/c1-10(2)13-9-22-15(16-13)12-6-5-7-21(8-12)11(3)14-17-18-19-20(14)4/h9-12H,5-8H2,1-4H3/t11-,12-/m1/s1. The van der Waals surface area contributed by atoms with Crippen molar-refractivity contribution in [3.05, 3.63) is 21.9 Å². The van der Waals surface area contributed by atoms with Crippen LogP contribution in [0.4, 0.5) is 0 Å². The maximum absolute atomic E-state index is 4.85. The molecular weight excluding hydrogens is 296 g/mol. The van der Waals surface area contributed by atoms with E-state index in [0.717, 1.165) is 18.9 Å². The van der Waals surface area contributed by atoms with Crippen LogP contribution in [0.5, 0.6) is 0 Å². The average Bonchev–Trinajstić information content (AvgIpc) is 3.15. The van der Waals surface area contributed by atoms with E-state index >= 15 is 0 Å². The highest BCUT2D eigenvalue weighted by molar-refractivity contribution is 7.09. The fraction of sp³-hybridized carbons (Fsp3) is 0.733. The number of aromatic nitrogens is 5. The second-order valence-corrected chi connectivity index (χ2v) is 7.33. The molecule has 0 aliphatic carbocycles. The molecule has 0 unspecified atom stereocenters. The van der Waals surface area contributed by atoms with Gasteiger partial charge in [0.25, 0.3) is 0 Å². The Balaban J connectivity index is 1.72. The summed E-state index contributed by atoms with van der Waals surface area (Å²) in [5, 5.41) is 15.4. The summed E-state index contributed by atoms with van der Waals surface area (Å²) in [4.78, 5) is 7.34. The molecule has 2 aromatic rings. The first-order valence-electron chi connectivity index (χ1n) is 7.98. The number of piperidine rings is 1. The molecule has 1 aliphatic rings. The van der Waals surface area contributed by atoms with E-state index in [0.29, 0.717) is 11.8 Å². The third kappa shape index (κ3) is 3.05. The predicted molar refractivity (Wildman–Crippen MR) is 87.0 cm³/mol. The Labute approximate surface area is 135 Å². The number of aryl methyl sites for hydroxylation is 1. The highest BCUT2D eigenvalue weighted by Crippen LogP contribution is 2.33. The second kappa shape index (κ2) is 6.42. The summed E-state index contributed by atoms with van der Waals surface area (Å²) in [5.74, 6) is 1.98. The molecule has 22 heavy (non-hydrogen) atoms. The van der Waals surface area contributed by atoms with Gasteiger partial charge in [0.1, 0.15) is 0 Å². The zero-order chi connectivity index (χ0) is 15.7. The van der Waals surface area contributed by atoms with E-state index in [1.54, 1.807) is 4.68 Å². The first kappa shape index (κ1) is 15.6. The van der Waals surface area contributed by atoms with Gasteiger partial charge in [-0.2, -0.15) is 0 Å². The summed E-state index contributed by atoms with van der Waals surface area (Å²) < 4.78 is 1.77. The van der Waals surface area contributed by atoms with Crippen LogP contribution in [-0.4, -0.2) is 43.2 Å². The fourth-order valence-corrected chi connectivity index (χ4v) is 4.18. The fourth-order valence-electron chi connectivity index (χ4n) is 3.07. The van der Waals surface area contributed by atoms with Crippen LogP contribution in [0.3, 0.4) is 0 Å². The Morgan fingerprint density at radius 1 is 1.32 bits per heavy atom. The summed E-state index contributed by atoms with van der Waals surface area (Å²) in [5.41, 5.74) is 1.22. The van der Waals surface area contributed by atoms with Crippen molar-refractivity contribution in [3.63, 3.8) is 0 Å². The van der Waals surface area contributed by atoms with Gasteiger partial charge in [-0.15, -0.1) is 16.4 Å². The molecule has 0 saturated carbocycles. The van der Waals surface area contributed by atoms with Crippen LogP contribution in [-0.2, 0) is 7.05 Å². The number of nitrogens with zero attached hydrogens (tertiary/aromatic N) is 6. The Morgan fingerprint density at radius 3 is 2.77 bits per heavy atom. The largest absolute Gasteiger partial charge is 0.293 e. The highest BCUT2D eigenvalue weighted by atomic mass is 32.1. The van der Waals surface area contributed by atoms with E-state index in [2.05, 4.69) is 46.6 Å². The van der Waals surface area contributed by atoms with Crippen LogP contribution >= 0.6 is 11.3 Å². The molecular formula is C15H24N6S. The molecule has 2 atom stereocenters. The van der Waals surface area contributed by atoms with Gasteiger partial charge in [-0.25, -0.2) is 9.67 Å². The van der Waals surface area contributed by atoms with Crippen molar-refractivity contribution in [2.24, 2.45) is 7.05 Å². The maximum atomic E-state index is 4.85. The number of hydrogen-bond acceptors (Lipinski definition) is 6. The number of tetrazole rings is 1. The summed E-state index contributed by atoms with van der Waals surface area (Å²) in [6.45, 7) is 8.74. The Bertz CT molecular complexity index is 619. The van der Waals surface area contributed by atoms with Gasteiger partial charge in [-0.05, 0) is 42.7 Å². The van der Waals surface area contributed by atoms with E-state index in [-0.39, 0.29) is 6.04 Å². The Hall–Kier alpha value is -1.34. The molecule has 1 aliphatic heterocycles. The third-order valence-electron chi connectivity index (χ3n) is 4.51. The molecule has 0 radical (unpaired) electrons. The summed E-state index contributed by atoms with van der Waals surface area (Å²) in [6, 6.07) is 0.243. The van der Waals surface area contributed by atoms with E-state index < -0.39 is 0 Å². The van der Waals surface area contributed by atoms with Gasteiger partial charge in [0.2, 0.25) is 0 Å². The topological polar surface area (TPSA) is 59.7 Å². The molecule has 0 bridgehead atoms. The lowest BCUT2D eigenvalue weighted by Crippen LogP contribution is -2.37. The number of likely N-dealkylation sites (tertiary alicyclic amines) is 1. The number of rotatable bonds is 4. The minimum atomic E-state index is 0.243. The smallest absolute Gasteiger partial charge is 0.167 e. The maximum Gasteiger partial charge on any atom is 0.167 e. The minimum absolute atomic E-state index is 0.243. The van der Waals surface area contributed by atoms with Gasteiger partial charge < -0.3 is 0 Å². The summed E-state index contributed by atoms with van der Waals surface area (Å²) >= 11 is 1.82. The zero-order valence-corrected chi connectivity index (χ0v) is 14.5. The van der Waals surface area contributed by atoms with Gasteiger partial charge in [0.05, 0.1) is 16.7 Å². The lowest BCUT2D eigenvalue weighted by molar-refractivity contribution is 0.150. The second-order valence-electron chi connectivity index (χ2n) is 6.44. The van der Waals surface area contributed by atoms with Crippen molar-refractivity contribution in [2.75, 3.05) is 13.1 Å². The van der Waals surface area contributed by atoms with E-state index in [1.807, 2.05) is 18.4 Å². The van der Waals surface area contributed by atoms with E-state index in [4.69, 9.17) is 4.98 Å². The van der Waals surface area contributed by atoms with Crippen LogP contribution in [0.15, 0.2) is 5.38 Å². The molecule has 0 N–H and O–H groups in total. The summed E-state index contributed by atoms with van der Waals surface area (Å²) in [6.07, 6.45) is 2.43. The molecule has 0 amide bonds. The summed E-state index contributed by atoms with van der Waals surface area (Å²) in [7, 11) is 1.91. The van der Waals surface area contributed by atoms with Crippen molar-refractivity contribution >= 4 is 11.3 Å². The molecule has 7 heteroatoms. The predicted octanol–water partition coefficient (Wildman–Crippen LogP) is 2.73. The molecule has 3 heterocycles. The zero-order valence-electron chi connectivity index (χ0n) is 13.7. The van der Waals surface area contributed by atoms with Crippen LogP contribution in [0.2, 0.25) is 0 Å². The van der Waals surface area contributed by atoms with Gasteiger partial charge in [-0.3, -0.25) is 4.90 Å². The molecule has 120 valence electrons. The van der Waals surface area contributed by atoms with Crippen molar-refractivity contribution in [1.82, 2.24) is 30.1 Å². The lowest BCUT2D eigenvalue weighted by atomic mass is 9.97.